The Hall–Kier alpha value is -1.22. The molecule has 0 aliphatic carbocycles. The topological polar surface area (TPSA) is 52.3 Å². The van der Waals surface area contributed by atoms with Crippen LogP contribution in [0.15, 0.2) is 35.0 Å². The number of rotatable bonds is 5. The lowest BCUT2D eigenvalue weighted by atomic mass is 9.98. The third-order valence-corrected chi connectivity index (χ3v) is 2.25. The monoisotopic (exact) mass is 243 g/mol. The zero-order valence-corrected chi connectivity index (χ0v) is 10.7. The number of hydrogen-bond donors (Lipinski definition) is 1. The van der Waals surface area contributed by atoms with Crippen LogP contribution in [0.2, 0.25) is 0 Å². The SMILES string of the molecule is C=C(C)/C=C/CC(C)/C(C(=O)OC)=C(\N)Cl. The molecule has 90 valence electrons. The summed E-state index contributed by atoms with van der Waals surface area (Å²) in [6.07, 6.45) is 4.47. The Morgan fingerprint density at radius 3 is 2.56 bits per heavy atom. The molecule has 0 spiro atoms. The Bertz CT molecular complexity index is 328. The van der Waals surface area contributed by atoms with E-state index < -0.39 is 5.97 Å². The maximum atomic E-state index is 11.4. The lowest BCUT2D eigenvalue weighted by Crippen LogP contribution is -2.16. The molecule has 0 aromatic heterocycles. The molecule has 0 aromatic rings. The second-order valence-corrected chi connectivity index (χ2v) is 4.05. The van der Waals surface area contributed by atoms with Crippen molar-refractivity contribution >= 4 is 17.6 Å². The summed E-state index contributed by atoms with van der Waals surface area (Å²) >= 11 is 5.67. The molecule has 4 heteroatoms. The molecule has 0 amide bonds. The van der Waals surface area contributed by atoms with Crippen LogP contribution < -0.4 is 5.73 Å². The number of hydrogen-bond acceptors (Lipinski definition) is 3. The van der Waals surface area contributed by atoms with Gasteiger partial charge in [0.1, 0.15) is 5.16 Å². The molecule has 0 heterocycles. The van der Waals surface area contributed by atoms with E-state index in [1.165, 1.54) is 7.11 Å². The summed E-state index contributed by atoms with van der Waals surface area (Å²) < 4.78 is 4.62. The van der Waals surface area contributed by atoms with Crippen LogP contribution in [0.1, 0.15) is 20.3 Å². The van der Waals surface area contributed by atoms with Crippen LogP contribution >= 0.6 is 11.6 Å². The van der Waals surface area contributed by atoms with Crippen molar-refractivity contribution in [2.75, 3.05) is 7.11 Å². The third kappa shape index (κ3) is 5.03. The second-order valence-electron chi connectivity index (χ2n) is 3.64. The van der Waals surface area contributed by atoms with Gasteiger partial charge in [-0.3, -0.25) is 0 Å². The van der Waals surface area contributed by atoms with E-state index in [4.69, 9.17) is 17.3 Å². The molecular weight excluding hydrogens is 226 g/mol. The van der Waals surface area contributed by atoms with Crippen LogP contribution in [0, 0.1) is 5.92 Å². The van der Waals surface area contributed by atoms with Gasteiger partial charge < -0.3 is 10.5 Å². The Kier molecular flexibility index (Phi) is 6.58. The number of methoxy groups -OCH3 is 1. The lowest BCUT2D eigenvalue weighted by Gasteiger charge is -2.12. The van der Waals surface area contributed by atoms with Gasteiger partial charge in [0, 0.05) is 0 Å². The van der Waals surface area contributed by atoms with Gasteiger partial charge in [0.25, 0.3) is 0 Å². The van der Waals surface area contributed by atoms with Crippen LogP contribution in [0.5, 0.6) is 0 Å². The highest BCUT2D eigenvalue weighted by Gasteiger charge is 2.19. The lowest BCUT2D eigenvalue weighted by molar-refractivity contribution is -0.136. The molecule has 0 radical (unpaired) electrons. The molecule has 16 heavy (non-hydrogen) atoms. The number of nitrogens with two attached hydrogens (primary N) is 1. The van der Waals surface area contributed by atoms with Crippen molar-refractivity contribution in [1.29, 1.82) is 0 Å². The zero-order valence-electron chi connectivity index (χ0n) is 9.92. The van der Waals surface area contributed by atoms with Gasteiger partial charge in [-0.25, -0.2) is 4.79 Å². The van der Waals surface area contributed by atoms with Gasteiger partial charge in [-0.05, 0) is 19.3 Å². The van der Waals surface area contributed by atoms with Gasteiger partial charge >= 0.3 is 5.97 Å². The number of allylic oxidation sites excluding steroid dienone is 3. The maximum absolute atomic E-state index is 11.4. The van der Waals surface area contributed by atoms with Crippen LogP contribution in [0.3, 0.4) is 0 Å². The van der Waals surface area contributed by atoms with Crippen molar-refractivity contribution in [3.63, 3.8) is 0 Å². The van der Waals surface area contributed by atoms with Crippen molar-refractivity contribution in [1.82, 2.24) is 0 Å². The smallest absolute Gasteiger partial charge is 0.337 e. The molecule has 1 unspecified atom stereocenters. The highest BCUT2D eigenvalue weighted by Crippen LogP contribution is 2.20. The first-order chi connectivity index (χ1) is 7.40. The molecule has 2 N–H and O–H groups in total. The number of halogens is 1. The quantitative estimate of drug-likeness (QED) is 0.350. The molecule has 0 bridgehead atoms. The number of ether oxygens (including phenoxy) is 1. The predicted octanol–water partition coefficient (Wildman–Crippen LogP) is 2.73. The third-order valence-electron chi connectivity index (χ3n) is 2.05. The Morgan fingerprint density at radius 1 is 1.62 bits per heavy atom. The summed E-state index contributed by atoms with van der Waals surface area (Å²) in [4.78, 5) is 11.4. The van der Waals surface area contributed by atoms with Crippen LogP contribution in [0.25, 0.3) is 0 Å². The molecule has 1 atom stereocenters. The van der Waals surface area contributed by atoms with Gasteiger partial charge in [-0.15, -0.1) is 0 Å². The zero-order chi connectivity index (χ0) is 12.7. The highest BCUT2D eigenvalue weighted by molar-refractivity contribution is 6.31. The second kappa shape index (κ2) is 7.12. The molecule has 0 fully saturated rings. The van der Waals surface area contributed by atoms with E-state index in [1.54, 1.807) is 0 Å². The van der Waals surface area contributed by atoms with Gasteiger partial charge in [-0.2, -0.15) is 0 Å². The minimum Gasteiger partial charge on any atom is -0.466 e. The first-order valence-corrected chi connectivity index (χ1v) is 5.33. The highest BCUT2D eigenvalue weighted by atomic mass is 35.5. The normalized spacial score (nSPS) is 14.5. The van der Waals surface area contributed by atoms with Crippen LogP contribution in [0.4, 0.5) is 0 Å². The van der Waals surface area contributed by atoms with Gasteiger partial charge in [0.15, 0.2) is 0 Å². The van der Waals surface area contributed by atoms with Gasteiger partial charge in [0.2, 0.25) is 0 Å². The van der Waals surface area contributed by atoms with E-state index in [2.05, 4.69) is 11.3 Å². The Balaban J connectivity index is 4.67. The molecule has 0 aliphatic heterocycles. The summed E-state index contributed by atoms with van der Waals surface area (Å²) in [6, 6.07) is 0. The maximum Gasteiger partial charge on any atom is 0.337 e. The minimum absolute atomic E-state index is 0.0110. The number of esters is 1. The fraction of sp³-hybridized carbons (Fsp3) is 0.417. The van der Waals surface area contributed by atoms with Crippen molar-refractivity contribution in [3.8, 4) is 0 Å². The molecule has 0 aromatic carbocycles. The van der Waals surface area contributed by atoms with Crippen molar-refractivity contribution in [2.24, 2.45) is 11.7 Å². The molecule has 0 rings (SSSR count). The van der Waals surface area contributed by atoms with Gasteiger partial charge in [0.05, 0.1) is 12.7 Å². The fourth-order valence-electron chi connectivity index (χ4n) is 1.24. The van der Waals surface area contributed by atoms with Crippen molar-refractivity contribution in [2.45, 2.75) is 20.3 Å². The van der Waals surface area contributed by atoms with Crippen LogP contribution in [-0.4, -0.2) is 13.1 Å². The molecular formula is C12H18ClNO2. The molecule has 0 aliphatic rings. The van der Waals surface area contributed by atoms with E-state index in [0.29, 0.717) is 12.0 Å². The van der Waals surface area contributed by atoms with Crippen molar-refractivity contribution < 1.29 is 9.53 Å². The predicted molar refractivity (Wildman–Crippen MR) is 66.8 cm³/mol. The Labute approximate surface area is 102 Å². The van der Waals surface area contributed by atoms with E-state index in [-0.39, 0.29) is 11.1 Å². The largest absolute Gasteiger partial charge is 0.466 e. The van der Waals surface area contributed by atoms with Crippen molar-refractivity contribution in [3.05, 3.63) is 35.0 Å². The molecule has 0 saturated carbocycles. The van der Waals surface area contributed by atoms with Gasteiger partial charge in [-0.1, -0.05) is 42.8 Å². The fourth-order valence-corrected chi connectivity index (χ4v) is 1.50. The molecule has 0 saturated heterocycles. The Morgan fingerprint density at radius 2 is 2.19 bits per heavy atom. The summed E-state index contributed by atoms with van der Waals surface area (Å²) in [5.41, 5.74) is 6.72. The summed E-state index contributed by atoms with van der Waals surface area (Å²) in [5, 5.41) is -0.0110. The van der Waals surface area contributed by atoms with E-state index >= 15 is 0 Å². The van der Waals surface area contributed by atoms with E-state index in [1.807, 2.05) is 26.0 Å². The summed E-state index contributed by atoms with van der Waals surface area (Å²) in [7, 11) is 1.30. The van der Waals surface area contributed by atoms with Crippen LogP contribution in [-0.2, 0) is 9.53 Å². The van der Waals surface area contributed by atoms with E-state index in [0.717, 1.165) is 5.57 Å². The number of carbonyl (C=O) groups excluding carboxylic acids is 1. The molecule has 3 nitrogen and oxygen atoms in total. The average molecular weight is 244 g/mol. The van der Waals surface area contributed by atoms with E-state index in [9.17, 15) is 4.79 Å². The summed E-state index contributed by atoms with van der Waals surface area (Å²) in [5.74, 6) is -0.565. The first kappa shape index (κ1) is 14.8. The standard InChI is InChI=1S/C12H18ClNO2/c1-8(2)6-5-7-9(3)10(11(13)14)12(15)16-4/h5-6,9H,1,7,14H2,2-4H3/b6-5+,11-10+. The number of carbonyl (C=O) groups is 1. The summed E-state index contributed by atoms with van der Waals surface area (Å²) in [6.45, 7) is 7.50. The minimum atomic E-state index is -0.483. The first-order valence-electron chi connectivity index (χ1n) is 4.95. The average Bonchev–Trinajstić information content (AvgIpc) is 2.16.